The molecule has 1 atom stereocenters. The number of aryl methyl sites for hydroxylation is 2. The minimum Gasteiger partial charge on any atom is -0.356 e. The third-order valence-corrected chi connectivity index (χ3v) is 6.43. The predicted octanol–water partition coefficient (Wildman–Crippen LogP) is 2.28. The van der Waals surface area contributed by atoms with E-state index in [9.17, 15) is 4.79 Å². The topological polar surface area (TPSA) is 53.4 Å². The Bertz CT molecular complexity index is 860. The number of para-hydroxylation sites is 1. The molecule has 0 bridgehead atoms. The molecular weight excluding hydrogens is 350 g/mol. The Balaban J connectivity index is 1.57. The Labute approximate surface area is 167 Å². The maximum atomic E-state index is 11.9. The van der Waals surface area contributed by atoms with Gasteiger partial charge < -0.3 is 5.32 Å². The van der Waals surface area contributed by atoms with Crippen molar-refractivity contribution in [2.45, 2.75) is 45.2 Å². The number of rotatable bonds is 3. The average Bonchev–Trinajstić information content (AvgIpc) is 2.89. The third kappa shape index (κ3) is 3.71. The van der Waals surface area contributed by atoms with E-state index in [0.29, 0.717) is 6.42 Å². The minimum absolute atomic E-state index is 0.0879. The summed E-state index contributed by atoms with van der Waals surface area (Å²) in [5, 5.41) is 7.74. The molecule has 0 aliphatic carbocycles. The Morgan fingerprint density at radius 2 is 2.00 bits per heavy atom. The van der Waals surface area contributed by atoms with E-state index in [0.717, 1.165) is 57.0 Å². The summed E-state index contributed by atoms with van der Waals surface area (Å²) < 4.78 is 2.06. The molecule has 2 aromatic rings. The molecule has 2 saturated heterocycles. The predicted molar refractivity (Wildman–Crippen MR) is 111 cm³/mol. The van der Waals surface area contributed by atoms with Crippen molar-refractivity contribution in [1.29, 1.82) is 0 Å². The van der Waals surface area contributed by atoms with Crippen molar-refractivity contribution < 1.29 is 4.79 Å². The monoisotopic (exact) mass is 381 g/mol. The number of nitrogens with one attached hydrogen (secondary N) is 1. The first-order chi connectivity index (χ1) is 13.5. The molecule has 2 fully saturated rings. The number of hydrogen-bond donors (Lipinski definition) is 1. The highest BCUT2D eigenvalue weighted by atomic mass is 16.1. The molecule has 0 saturated carbocycles. The van der Waals surface area contributed by atoms with Gasteiger partial charge in [0.05, 0.1) is 11.4 Å². The van der Waals surface area contributed by atoms with Crippen molar-refractivity contribution >= 4 is 5.91 Å². The average molecular weight is 382 g/mol. The quantitative estimate of drug-likeness (QED) is 0.886. The molecule has 1 spiro atoms. The van der Waals surface area contributed by atoms with E-state index >= 15 is 0 Å². The normalized spacial score (nSPS) is 24.3. The Morgan fingerprint density at radius 3 is 2.79 bits per heavy atom. The van der Waals surface area contributed by atoms with Crippen molar-refractivity contribution in [3.8, 4) is 5.69 Å². The van der Waals surface area contributed by atoms with Crippen LogP contribution in [-0.4, -0.2) is 64.3 Å². The van der Waals surface area contributed by atoms with Gasteiger partial charge in [-0.3, -0.25) is 14.6 Å². The molecule has 1 amide bonds. The number of carbonyl (C=O) groups excluding carboxylic acids is 1. The van der Waals surface area contributed by atoms with Crippen LogP contribution in [0.2, 0.25) is 0 Å². The van der Waals surface area contributed by atoms with Gasteiger partial charge in [0.1, 0.15) is 0 Å². The molecule has 4 rings (SSSR count). The zero-order valence-electron chi connectivity index (χ0n) is 17.2. The smallest absolute Gasteiger partial charge is 0.220 e. The van der Waals surface area contributed by atoms with Crippen molar-refractivity contribution in [1.82, 2.24) is 24.9 Å². The SMILES string of the molecule is Cc1cc(C)n(-c2ccccc2CN2CCN(C)[C@]3(CCNC(=O)CC3)C2)n1. The summed E-state index contributed by atoms with van der Waals surface area (Å²) >= 11 is 0. The zero-order chi connectivity index (χ0) is 19.7. The van der Waals surface area contributed by atoms with E-state index in [2.05, 4.69) is 64.1 Å². The fourth-order valence-corrected chi connectivity index (χ4v) is 4.78. The molecule has 1 aromatic carbocycles. The van der Waals surface area contributed by atoms with Gasteiger partial charge in [0.2, 0.25) is 5.91 Å². The molecule has 2 aliphatic heterocycles. The molecule has 6 nitrogen and oxygen atoms in total. The van der Waals surface area contributed by atoms with Gasteiger partial charge in [-0.05, 0) is 51.4 Å². The molecule has 3 heterocycles. The summed E-state index contributed by atoms with van der Waals surface area (Å²) in [6.45, 7) is 8.92. The molecular formula is C22H31N5O. The van der Waals surface area contributed by atoms with Crippen molar-refractivity contribution in [2.24, 2.45) is 0 Å². The molecule has 28 heavy (non-hydrogen) atoms. The van der Waals surface area contributed by atoms with E-state index in [-0.39, 0.29) is 11.4 Å². The highest BCUT2D eigenvalue weighted by molar-refractivity contribution is 5.76. The number of benzene rings is 1. The van der Waals surface area contributed by atoms with Crippen LogP contribution in [0.1, 0.15) is 36.2 Å². The van der Waals surface area contributed by atoms with E-state index in [1.165, 1.54) is 11.3 Å². The summed E-state index contributed by atoms with van der Waals surface area (Å²) in [6.07, 6.45) is 2.58. The van der Waals surface area contributed by atoms with E-state index < -0.39 is 0 Å². The van der Waals surface area contributed by atoms with Gasteiger partial charge in [0, 0.05) is 50.4 Å². The lowest BCUT2D eigenvalue weighted by molar-refractivity contribution is -0.121. The van der Waals surface area contributed by atoms with E-state index in [1.807, 2.05) is 6.92 Å². The summed E-state index contributed by atoms with van der Waals surface area (Å²) in [4.78, 5) is 16.9. The highest BCUT2D eigenvalue weighted by Gasteiger charge is 2.40. The first kappa shape index (κ1) is 19.2. The Kier molecular flexibility index (Phi) is 5.25. The zero-order valence-corrected chi connectivity index (χ0v) is 17.2. The van der Waals surface area contributed by atoms with Crippen LogP contribution in [0.4, 0.5) is 0 Å². The van der Waals surface area contributed by atoms with Gasteiger partial charge in [0.25, 0.3) is 0 Å². The van der Waals surface area contributed by atoms with Crippen LogP contribution in [-0.2, 0) is 11.3 Å². The number of hydrogen-bond acceptors (Lipinski definition) is 4. The maximum Gasteiger partial charge on any atom is 0.220 e. The number of amides is 1. The summed E-state index contributed by atoms with van der Waals surface area (Å²) in [6, 6.07) is 10.7. The second-order valence-electron chi connectivity index (χ2n) is 8.42. The molecule has 1 aromatic heterocycles. The van der Waals surface area contributed by atoms with Crippen LogP contribution in [0.5, 0.6) is 0 Å². The van der Waals surface area contributed by atoms with Crippen LogP contribution in [0, 0.1) is 13.8 Å². The number of aromatic nitrogens is 2. The van der Waals surface area contributed by atoms with Gasteiger partial charge in [-0.1, -0.05) is 18.2 Å². The van der Waals surface area contributed by atoms with Gasteiger partial charge in [-0.2, -0.15) is 5.10 Å². The highest BCUT2D eigenvalue weighted by Crippen LogP contribution is 2.31. The lowest BCUT2D eigenvalue weighted by Crippen LogP contribution is -2.60. The summed E-state index contributed by atoms with van der Waals surface area (Å²) in [5.41, 5.74) is 4.76. The van der Waals surface area contributed by atoms with Crippen LogP contribution in [0.25, 0.3) is 5.69 Å². The Hall–Kier alpha value is -2.18. The molecule has 6 heteroatoms. The molecule has 1 N–H and O–H groups in total. The van der Waals surface area contributed by atoms with E-state index in [1.54, 1.807) is 0 Å². The Morgan fingerprint density at radius 1 is 1.18 bits per heavy atom. The van der Waals surface area contributed by atoms with Crippen molar-refractivity contribution in [3.05, 3.63) is 47.3 Å². The van der Waals surface area contributed by atoms with Crippen LogP contribution >= 0.6 is 0 Å². The summed E-state index contributed by atoms with van der Waals surface area (Å²) in [5.74, 6) is 0.192. The maximum absolute atomic E-state index is 11.9. The fraction of sp³-hybridized carbons (Fsp3) is 0.545. The largest absolute Gasteiger partial charge is 0.356 e. The molecule has 0 radical (unpaired) electrons. The molecule has 0 unspecified atom stereocenters. The van der Waals surface area contributed by atoms with Gasteiger partial charge in [0.15, 0.2) is 0 Å². The van der Waals surface area contributed by atoms with Crippen molar-refractivity contribution in [2.75, 3.05) is 33.2 Å². The number of carbonyl (C=O) groups is 1. The summed E-state index contributed by atoms with van der Waals surface area (Å²) in [7, 11) is 2.22. The third-order valence-electron chi connectivity index (χ3n) is 6.43. The van der Waals surface area contributed by atoms with Gasteiger partial charge in [-0.25, -0.2) is 4.68 Å². The number of likely N-dealkylation sites (N-methyl/N-ethyl adjacent to an activating group) is 1. The second-order valence-corrected chi connectivity index (χ2v) is 8.42. The molecule has 2 aliphatic rings. The standard InChI is InChI=1S/C22H31N5O/c1-17-14-18(2)27(24-17)20-7-5-4-6-19(20)15-26-13-12-25(3)22(16-26)9-8-21(28)23-11-10-22/h4-7,14H,8-13,15-16H2,1-3H3,(H,23,28)/t22-/m1/s1. The van der Waals surface area contributed by atoms with Gasteiger partial charge in [-0.15, -0.1) is 0 Å². The van der Waals surface area contributed by atoms with Crippen LogP contribution in [0.3, 0.4) is 0 Å². The second kappa shape index (κ2) is 7.68. The van der Waals surface area contributed by atoms with Gasteiger partial charge >= 0.3 is 0 Å². The molecule has 150 valence electrons. The lowest BCUT2D eigenvalue weighted by atomic mass is 9.86. The first-order valence-corrected chi connectivity index (χ1v) is 10.3. The van der Waals surface area contributed by atoms with Crippen LogP contribution < -0.4 is 5.32 Å². The fourth-order valence-electron chi connectivity index (χ4n) is 4.78. The first-order valence-electron chi connectivity index (χ1n) is 10.3. The van der Waals surface area contributed by atoms with Crippen molar-refractivity contribution in [3.63, 3.8) is 0 Å². The van der Waals surface area contributed by atoms with Crippen LogP contribution in [0.15, 0.2) is 30.3 Å². The lowest BCUT2D eigenvalue weighted by Gasteiger charge is -2.49. The minimum atomic E-state index is 0.0879. The van der Waals surface area contributed by atoms with E-state index in [4.69, 9.17) is 5.10 Å². The number of nitrogens with zero attached hydrogens (tertiary/aromatic N) is 4. The number of piperazine rings is 1.